The Balaban J connectivity index is 0.00000364. The van der Waals surface area contributed by atoms with Crippen LogP contribution in [0.5, 0.6) is 0 Å². The Kier molecular flexibility index (Phi) is 12.6. The Labute approximate surface area is 181 Å². The molecule has 0 spiro atoms. The molecule has 1 aliphatic heterocycles. The third-order valence-corrected chi connectivity index (χ3v) is 4.62. The first-order valence-electron chi connectivity index (χ1n) is 9.74. The predicted molar refractivity (Wildman–Crippen MR) is 124 cm³/mol. The van der Waals surface area contributed by atoms with Crippen molar-refractivity contribution in [3.05, 3.63) is 35.9 Å². The second-order valence-electron chi connectivity index (χ2n) is 6.84. The van der Waals surface area contributed by atoms with Crippen LogP contribution in [0.1, 0.15) is 24.9 Å². The number of halogens is 1. The summed E-state index contributed by atoms with van der Waals surface area (Å²) in [7, 11) is 4.21. The number of hydrogen-bond acceptors (Lipinski definition) is 4. The molecule has 6 nitrogen and oxygen atoms in total. The van der Waals surface area contributed by atoms with Gasteiger partial charge in [0.25, 0.3) is 0 Å². The molecule has 1 fully saturated rings. The Morgan fingerprint density at radius 2 is 1.89 bits per heavy atom. The van der Waals surface area contributed by atoms with E-state index in [0.29, 0.717) is 0 Å². The molecule has 2 rings (SSSR count). The van der Waals surface area contributed by atoms with Gasteiger partial charge in [0.1, 0.15) is 0 Å². The van der Waals surface area contributed by atoms with E-state index >= 15 is 0 Å². The molecule has 1 atom stereocenters. The first-order chi connectivity index (χ1) is 12.7. The van der Waals surface area contributed by atoms with Crippen LogP contribution in [-0.4, -0.2) is 82.3 Å². The van der Waals surface area contributed by atoms with Gasteiger partial charge in [-0.05, 0) is 39.5 Å². The minimum Gasteiger partial charge on any atom is -0.379 e. The van der Waals surface area contributed by atoms with Crippen molar-refractivity contribution in [3.8, 4) is 0 Å². The third kappa shape index (κ3) is 9.23. The first kappa shape index (κ1) is 24.1. The molecule has 7 heteroatoms. The van der Waals surface area contributed by atoms with Gasteiger partial charge in [-0.2, -0.15) is 0 Å². The van der Waals surface area contributed by atoms with Gasteiger partial charge in [-0.1, -0.05) is 30.3 Å². The molecule has 1 unspecified atom stereocenters. The van der Waals surface area contributed by atoms with Gasteiger partial charge in [0.15, 0.2) is 5.96 Å². The Morgan fingerprint density at radius 1 is 1.19 bits per heavy atom. The van der Waals surface area contributed by atoms with Crippen LogP contribution in [0.4, 0.5) is 0 Å². The quantitative estimate of drug-likeness (QED) is 0.241. The normalized spacial score (nSPS) is 16.7. The summed E-state index contributed by atoms with van der Waals surface area (Å²) in [4.78, 5) is 9.50. The number of guanidine groups is 1. The number of nitrogens with one attached hydrogen (secondary N) is 2. The number of morpholine rings is 1. The van der Waals surface area contributed by atoms with Crippen molar-refractivity contribution < 1.29 is 4.74 Å². The van der Waals surface area contributed by atoms with Crippen LogP contribution in [0, 0.1) is 0 Å². The maximum absolute atomic E-state index is 5.40. The minimum atomic E-state index is 0. The van der Waals surface area contributed by atoms with Gasteiger partial charge in [0, 0.05) is 26.2 Å². The number of aliphatic imine (C=N–C) groups is 1. The van der Waals surface area contributed by atoms with E-state index in [0.717, 1.165) is 64.9 Å². The lowest BCUT2D eigenvalue weighted by Gasteiger charge is -2.26. The molecule has 0 aliphatic carbocycles. The summed E-state index contributed by atoms with van der Waals surface area (Å²) >= 11 is 0. The highest BCUT2D eigenvalue weighted by Crippen LogP contribution is 2.17. The van der Waals surface area contributed by atoms with Gasteiger partial charge in [-0.15, -0.1) is 24.0 Å². The van der Waals surface area contributed by atoms with E-state index in [1.807, 2.05) is 0 Å². The van der Waals surface area contributed by atoms with Crippen LogP contribution in [0.2, 0.25) is 0 Å². The monoisotopic (exact) mass is 489 g/mol. The highest BCUT2D eigenvalue weighted by molar-refractivity contribution is 14.0. The van der Waals surface area contributed by atoms with Crippen molar-refractivity contribution in [1.82, 2.24) is 20.4 Å². The summed E-state index contributed by atoms with van der Waals surface area (Å²) < 4.78 is 5.40. The fraction of sp³-hybridized carbons (Fsp3) is 0.650. The Bertz CT molecular complexity index is 520. The molecule has 1 saturated heterocycles. The SMILES string of the molecule is CCNC(=NCC(c1ccccc1)N(C)C)NCCCN1CCOCC1.I. The molecule has 0 amide bonds. The average Bonchev–Trinajstić information content (AvgIpc) is 2.66. The molecule has 154 valence electrons. The van der Waals surface area contributed by atoms with Gasteiger partial charge in [-0.25, -0.2) is 0 Å². The zero-order valence-corrected chi connectivity index (χ0v) is 19.3. The van der Waals surface area contributed by atoms with E-state index in [2.05, 4.69) is 71.8 Å². The molecule has 1 aromatic carbocycles. The summed E-state index contributed by atoms with van der Waals surface area (Å²) in [5, 5.41) is 6.82. The minimum absolute atomic E-state index is 0. The summed E-state index contributed by atoms with van der Waals surface area (Å²) in [6, 6.07) is 10.8. The molecule has 1 aromatic rings. The summed E-state index contributed by atoms with van der Waals surface area (Å²) in [6.07, 6.45) is 1.11. The molecule has 27 heavy (non-hydrogen) atoms. The van der Waals surface area contributed by atoms with Gasteiger partial charge >= 0.3 is 0 Å². The van der Waals surface area contributed by atoms with Gasteiger partial charge in [0.05, 0.1) is 25.8 Å². The molecule has 0 aromatic heterocycles. The van der Waals surface area contributed by atoms with Crippen molar-refractivity contribution >= 4 is 29.9 Å². The summed E-state index contributed by atoms with van der Waals surface area (Å²) in [6.45, 7) is 9.58. The smallest absolute Gasteiger partial charge is 0.191 e. The number of likely N-dealkylation sites (N-methyl/N-ethyl adjacent to an activating group) is 1. The zero-order valence-electron chi connectivity index (χ0n) is 17.0. The number of hydrogen-bond donors (Lipinski definition) is 2. The van der Waals surface area contributed by atoms with Gasteiger partial charge in [0.2, 0.25) is 0 Å². The molecule has 1 heterocycles. The topological polar surface area (TPSA) is 52.1 Å². The lowest BCUT2D eigenvalue weighted by atomic mass is 10.1. The largest absolute Gasteiger partial charge is 0.379 e. The average molecular weight is 489 g/mol. The van der Waals surface area contributed by atoms with E-state index < -0.39 is 0 Å². The van der Waals surface area contributed by atoms with E-state index in [4.69, 9.17) is 9.73 Å². The van der Waals surface area contributed by atoms with Crippen molar-refractivity contribution in [3.63, 3.8) is 0 Å². The lowest BCUT2D eigenvalue weighted by molar-refractivity contribution is 0.0376. The number of ether oxygens (including phenoxy) is 1. The van der Waals surface area contributed by atoms with Crippen molar-refractivity contribution in [2.45, 2.75) is 19.4 Å². The lowest BCUT2D eigenvalue weighted by Crippen LogP contribution is -2.41. The number of nitrogens with zero attached hydrogens (tertiary/aromatic N) is 3. The molecule has 0 bridgehead atoms. The fourth-order valence-electron chi connectivity index (χ4n) is 3.10. The summed E-state index contributed by atoms with van der Waals surface area (Å²) in [5.41, 5.74) is 1.30. The van der Waals surface area contributed by atoms with E-state index in [1.54, 1.807) is 0 Å². The highest BCUT2D eigenvalue weighted by Gasteiger charge is 2.13. The van der Waals surface area contributed by atoms with Crippen LogP contribution in [0.25, 0.3) is 0 Å². The van der Waals surface area contributed by atoms with Gasteiger partial charge < -0.3 is 20.3 Å². The second kappa shape index (κ2) is 14.1. The zero-order chi connectivity index (χ0) is 18.6. The molecule has 1 aliphatic rings. The molecule has 2 N–H and O–H groups in total. The van der Waals surface area contributed by atoms with Crippen LogP contribution >= 0.6 is 24.0 Å². The predicted octanol–water partition coefficient (Wildman–Crippen LogP) is 2.18. The maximum atomic E-state index is 5.40. The fourth-order valence-corrected chi connectivity index (χ4v) is 3.10. The first-order valence-corrected chi connectivity index (χ1v) is 9.74. The summed E-state index contributed by atoms with van der Waals surface area (Å²) in [5.74, 6) is 0.900. The maximum Gasteiger partial charge on any atom is 0.191 e. The standard InChI is InChI=1S/C20H35N5O.HI/c1-4-21-20(22-11-8-12-25-13-15-26-16-14-25)23-17-19(24(2)3)18-9-6-5-7-10-18;/h5-7,9-10,19H,4,8,11-17H2,1-3H3,(H2,21,22,23);1H. The van der Waals surface area contributed by atoms with Crippen molar-refractivity contribution in [2.24, 2.45) is 4.99 Å². The van der Waals surface area contributed by atoms with Crippen molar-refractivity contribution in [2.75, 3.05) is 66.6 Å². The van der Waals surface area contributed by atoms with Gasteiger partial charge in [-0.3, -0.25) is 9.89 Å². The third-order valence-electron chi connectivity index (χ3n) is 4.62. The number of rotatable bonds is 9. The van der Waals surface area contributed by atoms with E-state index in [9.17, 15) is 0 Å². The second-order valence-corrected chi connectivity index (χ2v) is 6.84. The van der Waals surface area contributed by atoms with E-state index in [-0.39, 0.29) is 30.0 Å². The highest BCUT2D eigenvalue weighted by atomic mass is 127. The van der Waals surface area contributed by atoms with Crippen molar-refractivity contribution in [1.29, 1.82) is 0 Å². The Hall–Kier alpha value is -0.900. The molecular formula is C20H36IN5O. The van der Waals surface area contributed by atoms with Crippen LogP contribution in [0.3, 0.4) is 0 Å². The Morgan fingerprint density at radius 3 is 2.52 bits per heavy atom. The van der Waals surface area contributed by atoms with Crippen LogP contribution in [-0.2, 0) is 4.74 Å². The molecular weight excluding hydrogens is 453 g/mol. The number of benzene rings is 1. The molecule has 0 saturated carbocycles. The van der Waals surface area contributed by atoms with E-state index in [1.165, 1.54) is 5.56 Å². The van der Waals surface area contributed by atoms with Crippen LogP contribution < -0.4 is 10.6 Å². The van der Waals surface area contributed by atoms with Crippen LogP contribution in [0.15, 0.2) is 35.3 Å². The molecule has 0 radical (unpaired) electrons.